The lowest BCUT2D eigenvalue weighted by Crippen LogP contribution is -2.23. The molecule has 0 amide bonds. The van der Waals surface area contributed by atoms with Gasteiger partial charge in [-0.2, -0.15) is 0 Å². The van der Waals surface area contributed by atoms with E-state index in [1.165, 1.54) is 16.9 Å². The number of fused-ring (bicyclic) bond motifs is 3. The Morgan fingerprint density at radius 1 is 1.43 bits per heavy atom. The van der Waals surface area contributed by atoms with Crippen molar-refractivity contribution >= 4 is 33.8 Å². The number of aromatic amines is 1. The first-order chi connectivity index (χ1) is 10.2. The summed E-state index contributed by atoms with van der Waals surface area (Å²) in [7, 11) is 0. The van der Waals surface area contributed by atoms with Crippen LogP contribution in [0.1, 0.15) is 29.0 Å². The summed E-state index contributed by atoms with van der Waals surface area (Å²) in [6.45, 7) is 0.314. The van der Waals surface area contributed by atoms with Crippen LogP contribution in [0.2, 0.25) is 0 Å². The van der Waals surface area contributed by atoms with Gasteiger partial charge in [0.15, 0.2) is 10.5 Å². The average molecular weight is 319 g/mol. The molecule has 108 valence electrons. The summed E-state index contributed by atoms with van der Waals surface area (Å²) in [4.78, 5) is 18.3. The molecule has 0 aromatic carbocycles. The largest absolute Gasteiger partial charge is 0.359 e. The van der Waals surface area contributed by atoms with Crippen molar-refractivity contribution in [1.29, 1.82) is 0 Å². The molecule has 1 N–H and O–H groups in total. The number of aromatic nitrogens is 3. The molecule has 0 fully saturated rings. The maximum atomic E-state index is 12.8. The monoisotopic (exact) mass is 319 g/mol. The molecule has 3 aromatic heterocycles. The van der Waals surface area contributed by atoms with E-state index >= 15 is 0 Å². The lowest BCUT2D eigenvalue weighted by atomic mass is 9.97. The third kappa shape index (κ3) is 2.08. The number of rotatable bonds is 2. The Hall–Kier alpha value is -1.73. The number of hydrogen-bond donors (Lipinski definition) is 1. The minimum atomic E-state index is -0.0236. The summed E-state index contributed by atoms with van der Waals surface area (Å²) in [5.74, 6) is 0.625. The van der Waals surface area contributed by atoms with Crippen LogP contribution < -0.4 is 5.56 Å². The molecule has 5 nitrogen and oxygen atoms in total. The van der Waals surface area contributed by atoms with Crippen molar-refractivity contribution in [2.24, 2.45) is 0 Å². The Bertz CT molecular complexity index is 918. The lowest BCUT2D eigenvalue weighted by molar-refractivity contribution is 0.374. The first kappa shape index (κ1) is 13.0. The summed E-state index contributed by atoms with van der Waals surface area (Å²) in [5.41, 5.74) is 1.19. The molecule has 0 spiro atoms. The van der Waals surface area contributed by atoms with Gasteiger partial charge in [-0.1, -0.05) is 5.16 Å². The van der Waals surface area contributed by atoms with Gasteiger partial charge < -0.3 is 9.51 Å². The molecule has 1 aliphatic carbocycles. The third-order valence-corrected chi connectivity index (χ3v) is 5.43. The van der Waals surface area contributed by atoms with E-state index in [4.69, 9.17) is 16.7 Å². The minimum absolute atomic E-state index is 0.0236. The van der Waals surface area contributed by atoms with Crippen LogP contribution in [0.15, 0.2) is 21.6 Å². The second kappa shape index (κ2) is 4.92. The lowest BCUT2D eigenvalue weighted by Gasteiger charge is -2.10. The van der Waals surface area contributed by atoms with Crippen molar-refractivity contribution in [3.63, 3.8) is 0 Å². The molecule has 7 heteroatoms. The number of hydrogen-bond acceptors (Lipinski definition) is 5. The minimum Gasteiger partial charge on any atom is -0.359 e. The maximum absolute atomic E-state index is 12.8. The zero-order valence-corrected chi connectivity index (χ0v) is 12.9. The van der Waals surface area contributed by atoms with Crippen LogP contribution in [0.3, 0.4) is 0 Å². The fourth-order valence-corrected chi connectivity index (χ4v) is 4.49. The van der Waals surface area contributed by atoms with Crippen LogP contribution in [0.25, 0.3) is 10.2 Å². The van der Waals surface area contributed by atoms with Crippen molar-refractivity contribution in [2.75, 3.05) is 0 Å². The Labute approximate surface area is 129 Å². The smallest absolute Gasteiger partial charge is 0.263 e. The molecule has 0 saturated carbocycles. The summed E-state index contributed by atoms with van der Waals surface area (Å²) in [5, 5.41) is 4.48. The number of nitrogens with zero attached hydrogens (tertiary/aromatic N) is 2. The molecule has 4 rings (SSSR count). The van der Waals surface area contributed by atoms with Crippen molar-refractivity contribution in [3.8, 4) is 0 Å². The fourth-order valence-electron chi connectivity index (χ4n) is 2.90. The average Bonchev–Trinajstić information content (AvgIpc) is 3.10. The molecular formula is C14H13N3O2S2. The Kier molecular flexibility index (Phi) is 3.04. The standard InChI is InChI=1S/C14H13N3O2S2/c18-13-11-9-3-1-2-4-10(9)21-12(11)16-14(20)17(13)7-8-5-6-15-19-8/h5-6H,1-4,7H2,(H,16,20). The number of nitrogens with one attached hydrogen (secondary N) is 1. The molecule has 3 aromatic rings. The van der Waals surface area contributed by atoms with Gasteiger partial charge in [-0.3, -0.25) is 9.36 Å². The highest BCUT2D eigenvalue weighted by Crippen LogP contribution is 2.33. The highest BCUT2D eigenvalue weighted by atomic mass is 32.1. The zero-order valence-electron chi connectivity index (χ0n) is 11.2. The van der Waals surface area contributed by atoms with Gasteiger partial charge >= 0.3 is 0 Å². The summed E-state index contributed by atoms with van der Waals surface area (Å²) in [6.07, 6.45) is 5.97. The van der Waals surface area contributed by atoms with Gasteiger partial charge in [-0.25, -0.2) is 0 Å². The second-order valence-electron chi connectivity index (χ2n) is 5.22. The van der Waals surface area contributed by atoms with Crippen molar-refractivity contribution < 1.29 is 4.52 Å². The van der Waals surface area contributed by atoms with E-state index in [0.717, 1.165) is 29.5 Å². The molecule has 0 radical (unpaired) electrons. The fraction of sp³-hybridized carbons (Fsp3) is 0.357. The quantitative estimate of drug-likeness (QED) is 0.737. The van der Waals surface area contributed by atoms with E-state index in [9.17, 15) is 4.79 Å². The molecule has 0 aliphatic heterocycles. The normalized spacial score (nSPS) is 14.5. The molecule has 0 unspecified atom stereocenters. The molecule has 0 saturated heterocycles. The van der Waals surface area contributed by atoms with Gasteiger partial charge in [0, 0.05) is 10.9 Å². The van der Waals surface area contributed by atoms with Crippen molar-refractivity contribution in [2.45, 2.75) is 32.2 Å². The predicted octanol–water partition coefficient (Wildman–Crippen LogP) is 3.04. The van der Waals surface area contributed by atoms with E-state index < -0.39 is 0 Å². The molecule has 0 bridgehead atoms. The van der Waals surface area contributed by atoms with Gasteiger partial charge in [-0.15, -0.1) is 11.3 Å². The Balaban J connectivity index is 1.95. The highest BCUT2D eigenvalue weighted by molar-refractivity contribution is 7.71. The molecule has 1 aliphatic rings. The van der Waals surface area contributed by atoms with Crippen molar-refractivity contribution in [1.82, 2.24) is 14.7 Å². The number of H-pyrrole nitrogens is 1. The highest BCUT2D eigenvalue weighted by Gasteiger charge is 2.20. The van der Waals surface area contributed by atoms with Crippen LogP contribution >= 0.6 is 23.6 Å². The van der Waals surface area contributed by atoms with E-state index in [1.807, 2.05) is 0 Å². The van der Waals surface area contributed by atoms with Crippen LogP contribution in [0.4, 0.5) is 0 Å². The predicted molar refractivity (Wildman–Crippen MR) is 83.5 cm³/mol. The van der Waals surface area contributed by atoms with Crippen LogP contribution in [-0.4, -0.2) is 14.7 Å². The third-order valence-electron chi connectivity index (χ3n) is 3.90. The summed E-state index contributed by atoms with van der Waals surface area (Å²) in [6, 6.07) is 1.74. The first-order valence-corrected chi connectivity index (χ1v) is 8.13. The Morgan fingerprint density at radius 2 is 2.29 bits per heavy atom. The van der Waals surface area contributed by atoms with Crippen molar-refractivity contribution in [3.05, 3.63) is 43.6 Å². The summed E-state index contributed by atoms with van der Waals surface area (Å²) < 4.78 is 7.07. The van der Waals surface area contributed by atoms with Gasteiger partial charge in [0.1, 0.15) is 4.83 Å². The number of thiophene rings is 1. The number of aryl methyl sites for hydroxylation is 2. The molecular weight excluding hydrogens is 306 g/mol. The molecule has 3 heterocycles. The van der Waals surface area contributed by atoms with Gasteiger partial charge in [-0.05, 0) is 43.5 Å². The molecule has 0 atom stereocenters. The first-order valence-electron chi connectivity index (χ1n) is 6.91. The SMILES string of the molecule is O=c1c2c3c(sc2[nH]c(=S)n1Cc1ccno1)CCCC3. The van der Waals surface area contributed by atoms with E-state index in [2.05, 4.69) is 10.1 Å². The van der Waals surface area contributed by atoms with Gasteiger partial charge in [0.2, 0.25) is 0 Å². The topological polar surface area (TPSA) is 63.8 Å². The molecule has 21 heavy (non-hydrogen) atoms. The summed E-state index contributed by atoms with van der Waals surface area (Å²) >= 11 is 7.01. The van der Waals surface area contributed by atoms with Crippen LogP contribution in [-0.2, 0) is 19.4 Å². The van der Waals surface area contributed by atoms with Crippen LogP contribution in [0, 0.1) is 4.77 Å². The van der Waals surface area contributed by atoms with Crippen LogP contribution in [0.5, 0.6) is 0 Å². The maximum Gasteiger partial charge on any atom is 0.263 e. The Morgan fingerprint density at radius 3 is 3.10 bits per heavy atom. The zero-order chi connectivity index (χ0) is 14.4. The van der Waals surface area contributed by atoms with Gasteiger partial charge in [0.05, 0.1) is 18.1 Å². The second-order valence-corrected chi connectivity index (χ2v) is 6.71. The van der Waals surface area contributed by atoms with E-state index in [1.54, 1.807) is 28.2 Å². The van der Waals surface area contributed by atoms with E-state index in [0.29, 0.717) is 17.1 Å². The van der Waals surface area contributed by atoms with E-state index in [-0.39, 0.29) is 5.56 Å². The van der Waals surface area contributed by atoms with Gasteiger partial charge in [0.25, 0.3) is 5.56 Å².